The Balaban J connectivity index is 0.00000462. The summed E-state index contributed by atoms with van der Waals surface area (Å²) in [7, 11) is -3.85. The zero-order valence-corrected chi connectivity index (χ0v) is 32.6. The minimum atomic E-state index is -3.85. The fourth-order valence-corrected chi connectivity index (χ4v) is 7.57. The van der Waals surface area contributed by atoms with Gasteiger partial charge in [-0.3, -0.25) is 0 Å². The van der Waals surface area contributed by atoms with Crippen LogP contribution in [-0.4, -0.2) is 13.4 Å². The molecule has 3 rings (SSSR count). The van der Waals surface area contributed by atoms with Crippen LogP contribution in [0.25, 0.3) is 0 Å². The zero-order chi connectivity index (χ0) is 30.6. The van der Waals surface area contributed by atoms with Crippen LogP contribution in [-0.2, 0) is 12.1 Å². The summed E-state index contributed by atoms with van der Waals surface area (Å²) in [5.74, 6) is 3.92. The first-order valence-corrected chi connectivity index (χ1v) is 18.2. The largest absolute Gasteiger partial charge is 1.00 e. The van der Waals surface area contributed by atoms with Gasteiger partial charge in [0.05, 0.1) is 0 Å². The minimum Gasteiger partial charge on any atom is -0.665 e. The van der Waals surface area contributed by atoms with E-state index in [1.807, 2.05) is 0 Å². The molecule has 7 heteroatoms. The number of hydrogen-bond donors (Lipinski definition) is 0. The number of rotatable bonds is 12. The number of hydrogen-bond acceptors (Lipinski definition) is 4. The number of para-hydroxylation sites is 3. The van der Waals surface area contributed by atoms with Gasteiger partial charge in [0, 0.05) is 0 Å². The molecule has 3 aromatic carbocycles. The molecule has 0 saturated carbocycles. The zero-order valence-electron chi connectivity index (χ0n) is 28.8. The third kappa shape index (κ3) is 9.54. The SMILES string of the molecule is CC(C)c1cccc(C(C)C)c1O[Si]([S-])(Oc1c(C(C)C)cccc1C(C)C)Oc1c(C(C)C)cccc1C(C)C.O.[Na+]. The molecule has 0 saturated heterocycles. The van der Waals surface area contributed by atoms with E-state index in [4.69, 9.17) is 25.4 Å². The van der Waals surface area contributed by atoms with E-state index >= 15 is 0 Å². The summed E-state index contributed by atoms with van der Waals surface area (Å²) in [5, 5.41) is 0. The van der Waals surface area contributed by atoms with E-state index in [1.165, 1.54) is 0 Å². The van der Waals surface area contributed by atoms with Crippen LogP contribution in [0.1, 0.15) is 152 Å². The summed E-state index contributed by atoms with van der Waals surface area (Å²) in [6.07, 6.45) is 0. The first-order valence-electron chi connectivity index (χ1n) is 15.3. The Labute approximate surface area is 290 Å². The quantitative estimate of drug-likeness (QED) is 0.158. The summed E-state index contributed by atoms with van der Waals surface area (Å²) in [4.78, 5) is 0. The maximum Gasteiger partial charge on any atom is 1.00 e. The molecule has 0 aromatic heterocycles. The van der Waals surface area contributed by atoms with E-state index in [9.17, 15) is 0 Å². The van der Waals surface area contributed by atoms with Gasteiger partial charge in [0.1, 0.15) is 17.2 Å². The van der Waals surface area contributed by atoms with Crippen molar-refractivity contribution in [1.29, 1.82) is 0 Å². The van der Waals surface area contributed by atoms with E-state index in [0.717, 1.165) is 50.6 Å². The first kappa shape index (κ1) is 39.6. The Morgan fingerprint density at radius 2 is 0.581 bits per heavy atom. The van der Waals surface area contributed by atoms with Gasteiger partial charge in [0.2, 0.25) is 0 Å². The van der Waals surface area contributed by atoms with Gasteiger partial charge in [0.25, 0.3) is 0 Å². The van der Waals surface area contributed by atoms with E-state index in [-0.39, 0.29) is 70.5 Å². The van der Waals surface area contributed by atoms with Crippen molar-refractivity contribution in [2.45, 2.75) is 119 Å². The smallest absolute Gasteiger partial charge is 0.665 e. The molecule has 0 fully saturated rings. The second-order valence-electron chi connectivity index (χ2n) is 13.0. The average molecular weight is 633 g/mol. The summed E-state index contributed by atoms with van der Waals surface area (Å²) in [6.45, 7) is 26.3. The van der Waals surface area contributed by atoms with E-state index in [2.05, 4.69) is 138 Å². The molecule has 0 bridgehead atoms. The predicted molar refractivity (Wildman–Crippen MR) is 182 cm³/mol. The summed E-state index contributed by atoms with van der Waals surface area (Å²) >= 11 is 6.50. The molecule has 0 heterocycles. The Bertz CT molecular complexity index is 1080. The average Bonchev–Trinajstić information content (AvgIpc) is 2.87. The Hall–Kier alpha value is -1.41. The summed E-state index contributed by atoms with van der Waals surface area (Å²) < 4.78 is 21.1. The molecule has 232 valence electrons. The van der Waals surface area contributed by atoms with Crippen LogP contribution in [0.2, 0.25) is 0 Å². The second kappa shape index (κ2) is 16.8. The monoisotopic (exact) mass is 632 g/mol. The molecule has 0 unspecified atom stereocenters. The molecule has 0 atom stereocenters. The predicted octanol–water partition coefficient (Wildman–Crippen LogP) is 7.13. The molecule has 0 aliphatic rings. The van der Waals surface area contributed by atoms with Gasteiger partial charge in [0.15, 0.2) is 0 Å². The van der Waals surface area contributed by atoms with E-state index in [0.29, 0.717) is 0 Å². The van der Waals surface area contributed by atoms with Crippen LogP contribution in [0.4, 0.5) is 0 Å². The summed E-state index contributed by atoms with van der Waals surface area (Å²) in [6, 6.07) is 19.2. The van der Waals surface area contributed by atoms with Gasteiger partial charge in [-0.1, -0.05) is 138 Å². The van der Waals surface area contributed by atoms with Crippen LogP contribution in [0.5, 0.6) is 17.2 Å². The molecule has 4 nitrogen and oxygen atoms in total. The molecule has 0 aliphatic carbocycles. The normalized spacial score (nSPS) is 11.8. The van der Waals surface area contributed by atoms with Crippen LogP contribution in [0.15, 0.2) is 54.6 Å². The minimum absolute atomic E-state index is 0. The topological polar surface area (TPSA) is 59.2 Å². The molecule has 0 spiro atoms. The van der Waals surface area contributed by atoms with Crippen molar-refractivity contribution in [1.82, 2.24) is 0 Å². The molecular weight excluding hydrogens is 580 g/mol. The molecule has 0 amide bonds. The van der Waals surface area contributed by atoms with Gasteiger partial charge in [-0.15, -0.1) is 0 Å². The van der Waals surface area contributed by atoms with Crippen LogP contribution < -0.4 is 42.8 Å². The second-order valence-corrected chi connectivity index (χ2v) is 16.1. The van der Waals surface area contributed by atoms with Crippen molar-refractivity contribution in [2.75, 3.05) is 0 Å². The first-order chi connectivity index (χ1) is 19.2. The Morgan fingerprint density at radius 3 is 0.721 bits per heavy atom. The van der Waals surface area contributed by atoms with Crippen LogP contribution in [0, 0.1) is 0 Å². The molecule has 43 heavy (non-hydrogen) atoms. The van der Waals surface area contributed by atoms with Crippen molar-refractivity contribution in [3.05, 3.63) is 88.0 Å². The molecule has 0 radical (unpaired) electrons. The Morgan fingerprint density at radius 1 is 0.419 bits per heavy atom. The van der Waals surface area contributed by atoms with Crippen LogP contribution in [0.3, 0.4) is 0 Å². The number of benzene rings is 3. The fourth-order valence-electron chi connectivity index (χ4n) is 5.24. The molecule has 3 aromatic rings. The van der Waals surface area contributed by atoms with Crippen LogP contribution >= 0.6 is 0 Å². The van der Waals surface area contributed by atoms with Crippen molar-refractivity contribution < 1.29 is 48.3 Å². The fraction of sp³-hybridized carbons (Fsp3) is 0.500. The maximum atomic E-state index is 7.04. The van der Waals surface area contributed by atoms with Gasteiger partial charge >= 0.3 is 37.5 Å². The van der Waals surface area contributed by atoms with Gasteiger partial charge in [-0.25, -0.2) is 0 Å². The maximum absolute atomic E-state index is 7.04. The molecule has 2 N–H and O–H groups in total. The van der Waals surface area contributed by atoms with Gasteiger partial charge in [-0.2, -0.15) is 0 Å². The Kier molecular flexibility index (Phi) is 15.4. The van der Waals surface area contributed by atoms with E-state index < -0.39 is 7.95 Å². The third-order valence-electron chi connectivity index (χ3n) is 7.64. The standard InChI is InChI=1S/C36H51O3SSi.Na.H2O/c1-22(2)28-16-13-17-29(23(3)4)34(28)37-41(40,38-35-30(24(5)6)18-14-19-31(35)25(7)8)39-36-32(26(9)10)20-15-21-33(36)27(11)12;;/h13-27H,1-12H3;;1H2/q-1;+1;. The summed E-state index contributed by atoms with van der Waals surface area (Å²) in [5.41, 5.74) is 6.71. The molecular formula is C36H53NaO4SSi. The van der Waals surface area contributed by atoms with Crippen molar-refractivity contribution in [2.24, 2.45) is 0 Å². The van der Waals surface area contributed by atoms with Gasteiger partial charge in [-0.05, 0) is 68.9 Å². The van der Waals surface area contributed by atoms with Gasteiger partial charge < -0.3 is 30.8 Å². The van der Waals surface area contributed by atoms with Crippen molar-refractivity contribution in [3.63, 3.8) is 0 Å². The van der Waals surface area contributed by atoms with Crippen molar-refractivity contribution >= 4 is 20.0 Å². The third-order valence-corrected chi connectivity index (χ3v) is 9.75. The van der Waals surface area contributed by atoms with Crippen molar-refractivity contribution in [3.8, 4) is 17.2 Å². The van der Waals surface area contributed by atoms with E-state index in [1.54, 1.807) is 0 Å². The molecule has 0 aliphatic heterocycles.